The molecule has 2 N–H and O–H groups in total. The Labute approximate surface area is 176 Å². The smallest absolute Gasteiger partial charge is 0.186 e. The van der Waals surface area contributed by atoms with Crippen molar-refractivity contribution in [1.82, 2.24) is 9.91 Å². The molecular weight excluding hydrogens is 396 g/mol. The summed E-state index contributed by atoms with van der Waals surface area (Å²) in [6.45, 7) is 2.01. The van der Waals surface area contributed by atoms with Crippen LogP contribution in [0.2, 0.25) is 5.02 Å². The van der Waals surface area contributed by atoms with E-state index in [0.29, 0.717) is 30.4 Å². The summed E-state index contributed by atoms with van der Waals surface area (Å²) in [6, 6.07) is 11.4. The van der Waals surface area contributed by atoms with Gasteiger partial charge in [0, 0.05) is 43.8 Å². The number of thiocarbonyl (C=S) groups is 1. The fourth-order valence-corrected chi connectivity index (χ4v) is 2.88. The molecule has 28 heavy (non-hydrogen) atoms. The van der Waals surface area contributed by atoms with E-state index in [-0.39, 0.29) is 5.11 Å². The summed E-state index contributed by atoms with van der Waals surface area (Å²) in [5.74, 6) is 1.42. The van der Waals surface area contributed by atoms with Gasteiger partial charge in [-0.1, -0.05) is 23.7 Å². The van der Waals surface area contributed by atoms with Crippen molar-refractivity contribution in [2.45, 2.75) is 12.8 Å². The van der Waals surface area contributed by atoms with Gasteiger partial charge in [-0.2, -0.15) is 5.10 Å². The number of hydrazone groups is 1. The maximum absolute atomic E-state index is 6.10. The Hall–Kier alpha value is -1.93. The molecule has 6 nitrogen and oxygen atoms in total. The number of methoxy groups -OCH3 is 1. The van der Waals surface area contributed by atoms with E-state index in [0.717, 1.165) is 30.0 Å². The van der Waals surface area contributed by atoms with Crippen molar-refractivity contribution in [3.63, 3.8) is 0 Å². The monoisotopic (exact) mass is 422 g/mol. The molecule has 0 radical (unpaired) electrons. The van der Waals surface area contributed by atoms with Crippen LogP contribution in [0.25, 0.3) is 11.3 Å². The highest BCUT2D eigenvalue weighted by Crippen LogP contribution is 2.25. The van der Waals surface area contributed by atoms with Crippen LogP contribution in [0.4, 0.5) is 0 Å². The van der Waals surface area contributed by atoms with Crippen molar-refractivity contribution in [3.05, 3.63) is 47.2 Å². The molecule has 2 aromatic rings. The van der Waals surface area contributed by atoms with E-state index >= 15 is 0 Å². The van der Waals surface area contributed by atoms with E-state index in [9.17, 15) is 0 Å². The first-order chi connectivity index (χ1) is 13.4. The van der Waals surface area contributed by atoms with Crippen molar-refractivity contribution in [2.75, 3.05) is 40.9 Å². The lowest BCUT2D eigenvalue weighted by molar-refractivity contribution is 0.186. The molecule has 8 heteroatoms. The van der Waals surface area contributed by atoms with E-state index in [1.165, 1.54) is 0 Å². The van der Waals surface area contributed by atoms with Gasteiger partial charge in [0.1, 0.15) is 11.5 Å². The first-order valence-electron chi connectivity index (χ1n) is 9.05. The molecule has 0 bridgehead atoms. The molecule has 0 aliphatic rings. The molecule has 0 aliphatic heterocycles. The number of furan rings is 1. The third kappa shape index (κ3) is 6.91. The Morgan fingerprint density at radius 2 is 2.04 bits per heavy atom. The number of hydrogen-bond acceptors (Lipinski definition) is 5. The standard InChI is InChI=1S/C20H27ClN4O2S/c1-24(2)12-10-17(23-25(20(22)28)11-5-13-26-3)19-9-8-18(27-19)15-6-4-7-16(21)14-15/h4,6-9,14H,5,10-13H2,1-3H3,(H2,22,28)/b23-17+. The van der Waals surface area contributed by atoms with Gasteiger partial charge in [0.15, 0.2) is 10.9 Å². The van der Waals surface area contributed by atoms with Gasteiger partial charge in [0.2, 0.25) is 0 Å². The van der Waals surface area contributed by atoms with Crippen molar-refractivity contribution < 1.29 is 9.15 Å². The van der Waals surface area contributed by atoms with E-state index in [4.69, 9.17) is 43.8 Å². The Kier molecular flexibility index (Phi) is 8.92. The maximum Gasteiger partial charge on any atom is 0.186 e. The highest BCUT2D eigenvalue weighted by Gasteiger charge is 2.15. The van der Waals surface area contributed by atoms with Crippen molar-refractivity contribution >= 4 is 34.6 Å². The molecule has 0 saturated heterocycles. The topological polar surface area (TPSA) is 67.2 Å². The Morgan fingerprint density at radius 1 is 1.25 bits per heavy atom. The summed E-state index contributed by atoms with van der Waals surface area (Å²) in [5.41, 5.74) is 7.57. The molecule has 0 fully saturated rings. The van der Waals surface area contributed by atoms with Gasteiger partial charge < -0.3 is 19.8 Å². The second-order valence-electron chi connectivity index (χ2n) is 6.58. The normalized spacial score (nSPS) is 11.8. The number of halogens is 1. The molecule has 0 amide bonds. The third-order valence-corrected chi connectivity index (χ3v) is 4.46. The molecule has 0 saturated carbocycles. The predicted octanol–water partition coefficient (Wildman–Crippen LogP) is 3.84. The number of ether oxygens (including phenoxy) is 1. The van der Waals surface area contributed by atoms with Crippen molar-refractivity contribution in [3.8, 4) is 11.3 Å². The minimum absolute atomic E-state index is 0.222. The number of benzene rings is 1. The van der Waals surface area contributed by atoms with Gasteiger partial charge in [0.25, 0.3) is 0 Å². The highest BCUT2D eigenvalue weighted by molar-refractivity contribution is 7.80. The van der Waals surface area contributed by atoms with Gasteiger partial charge in [-0.15, -0.1) is 0 Å². The van der Waals surface area contributed by atoms with E-state index < -0.39 is 0 Å². The van der Waals surface area contributed by atoms with Crippen molar-refractivity contribution in [2.24, 2.45) is 10.8 Å². The lowest BCUT2D eigenvalue weighted by Gasteiger charge is -2.19. The molecule has 1 heterocycles. The van der Waals surface area contributed by atoms with Crippen LogP contribution in [0.15, 0.2) is 45.9 Å². The fraction of sp³-hybridized carbons (Fsp3) is 0.400. The van der Waals surface area contributed by atoms with Crippen LogP contribution < -0.4 is 5.73 Å². The minimum Gasteiger partial charge on any atom is -0.455 e. The van der Waals surface area contributed by atoms with Crippen LogP contribution in [0, 0.1) is 0 Å². The zero-order chi connectivity index (χ0) is 20.5. The van der Waals surface area contributed by atoms with Gasteiger partial charge in [-0.05, 0) is 57.0 Å². The quantitative estimate of drug-likeness (QED) is 0.271. The zero-order valence-electron chi connectivity index (χ0n) is 16.5. The summed E-state index contributed by atoms with van der Waals surface area (Å²) in [6.07, 6.45) is 1.46. The molecular formula is C20H27ClN4O2S. The van der Waals surface area contributed by atoms with E-state index in [1.807, 2.05) is 50.5 Å². The lowest BCUT2D eigenvalue weighted by Crippen LogP contribution is -2.34. The number of rotatable bonds is 10. The average molecular weight is 423 g/mol. The largest absolute Gasteiger partial charge is 0.455 e. The fourth-order valence-electron chi connectivity index (χ4n) is 2.56. The zero-order valence-corrected chi connectivity index (χ0v) is 18.1. The van der Waals surface area contributed by atoms with Crippen LogP contribution in [0.1, 0.15) is 18.6 Å². The molecule has 152 valence electrons. The Morgan fingerprint density at radius 3 is 2.68 bits per heavy atom. The molecule has 1 aromatic carbocycles. The first kappa shape index (κ1) is 22.4. The van der Waals surface area contributed by atoms with E-state index in [2.05, 4.69) is 4.90 Å². The van der Waals surface area contributed by atoms with Gasteiger partial charge in [-0.25, -0.2) is 5.01 Å². The lowest BCUT2D eigenvalue weighted by atomic mass is 10.2. The van der Waals surface area contributed by atoms with E-state index in [1.54, 1.807) is 12.1 Å². The summed E-state index contributed by atoms with van der Waals surface area (Å²) >= 11 is 11.3. The first-order valence-corrected chi connectivity index (χ1v) is 9.83. The van der Waals surface area contributed by atoms with Gasteiger partial charge >= 0.3 is 0 Å². The summed E-state index contributed by atoms with van der Waals surface area (Å²) in [4.78, 5) is 2.09. The average Bonchev–Trinajstić information content (AvgIpc) is 3.13. The van der Waals surface area contributed by atoms with Gasteiger partial charge in [-0.3, -0.25) is 0 Å². The molecule has 0 spiro atoms. The minimum atomic E-state index is 0.222. The molecule has 1 aromatic heterocycles. The molecule has 0 aliphatic carbocycles. The van der Waals surface area contributed by atoms with Gasteiger partial charge in [0.05, 0.1) is 0 Å². The summed E-state index contributed by atoms with van der Waals surface area (Å²) in [5, 5.41) is 7.21. The Bertz CT molecular complexity index is 807. The summed E-state index contributed by atoms with van der Waals surface area (Å²) in [7, 11) is 5.69. The number of hydrogen-bond donors (Lipinski definition) is 1. The van der Waals surface area contributed by atoms with Crippen LogP contribution >= 0.6 is 23.8 Å². The number of nitrogens with zero attached hydrogens (tertiary/aromatic N) is 3. The summed E-state index contributed by atoms with van der Waals surface area (Å²) < 4.78 is 11.2. The third-order valence-electron chi connectivity index (χ3n) is 4.01. The van der Waals surface area contributed by atoms with Crippen LogP contribution in [-0.2, 0) is 4.74 Å². The SMILES string of the molecule is COCCCN(/N=C(\CCN(C)C)c1ccc(-c2cccc(Cl)c2)o1)C(N)=S. The maximum atomic E-state index is 6.10. The highest BCUT2D eigenvalue weighted by atomic mass is 35.5. The molecule has 0 unspecified atom stereocenters. The van der Waals surface area contributed by atoms with Crippen LogP contribution in [-0.4, -0.2) is 61.6 Å². The van der Waals surface area contributed by atoms with Crippen LogP contribution in [0.5, 0.6) is 0 Å². The predicted molar refractivity (Wildman–Crippen MR) is 119 cm³/mol. The number of nitrogens with two attached hydrogens (primary N) is 1. The van der Waals surface area contributed by atoms with Crippen molar-refractivity contribution in [1.29, 1.82) is 0 Å². The van der Waals surface area contributed by atoms with Crippen LogP contribution in [0.3, 0.4) is 0 Å². The molecule has 0 atom stereocenters. The Balaban J connectivity index is 2.30. The molecule has 2 rings (SSSR count). The second-order valence-corrected chi connectivity index (χ2v) is 7.44. The second kappa shape index (κ2) is 11.2.